The quantitative estimate of drug-likeness (QED) is 0.413. The second-order valence-corrected chi connectivity index (χ2v) is 9.62. The maximum Gasteiger partial charge on any atom is 0.338 e. The van der Waals surface area contributed by atoms with E-state index in [2.05, 4.69) is 5.32 Å². The third kappa shape index (κ3) is 6.17. The minimum absolute atomic E-state index is 0.120. The van der Waals surface area contributed by atoms with Crippen molar-refractivity contribution in [1.82, 2.24) is 5.32 Å². The maximum atomic E-state index is 13.7. The highest BCUT2D eigenvalue weighted by Crippen LogP contribution is 2.30. The van der Waals surface area contributed by atoms with E-state index in [1.807, 2.05) is 47.8 Å². The predicted octanol–water partition coefficient (Wildman–Crippen LogP) is 5.30. The molecule has 35 heavy (non-hydrogen) atoms. The molecule has 0 radical (unpaired) electrons. The zero-order valence-corrected chi connectivity index (χ0v) is 20.6. The highest BCUT2D eigenvalue weighted by molar-refractivity contribution is 7.10. The average Bonchev–Trinajstić information content (AvgIpc) is 3.58. The summed E-state index contributed by atoms with van der Waals surface area (Å²) in [6.07, 6.45) is 4.27. The monoisotopic (exact) mass is 490 g/mol. The number of benzene rings is 2. The molecule has 7 heteroatoms. The number of esters is 1. The normalized spacial score (nSPS) is 14.3. The van der Waals surface area contributed by atoms with Gasteiger partial charge in [0.2, 0.25) is 11.8 Å². The van der Waals surface area contributed by atoms with E-state index >= 15 is 0 Å². The first-order valence-corrected chi connectivity index (χ1v) is 12.9. The van der Waals surface area contributed by atoms with Crippen LogP contribution in [0.15, 0.2) is 72.1 Å². The van der Waals surface area contributed by atoms with Gasteiger partial charge < -0.3 is 10.1 Å². The van der Waals surface area contributed by atoms with Crippen LogP contribution in [0.3, 0.4) is 0 Å². The van der Waals surface area contributed by atoms with Crippen LogP contribution in [-0.2, 0) is 20.7 Å². The molecule has 0 spiro atoms. The lowest BCUT2D eigenvalue weighted by molar-refractivity contribution is -0.127. The summed E-state index contributed by atoms with van der Waals surface area (Å²) < 4.78 is 5.09. The van der Waals surface area contributed by atoms with E-state index in [0.29, 0.717) is 11.3 Å². The van der Waals surface area contributed by atoms with Crippen molar-refractivity contribution in [2.24, 2.45) is 0 Å². The lowest BCUT2D eigenvalue weighted by atomic mass is 10.0. The number of hydrogen-bond acceptors (Lipinski definition) is 5. The van der Waals surface area contributed by atoms with Gasteiger partial charge in [-0.25, -0.2) is 4.79 Å². The van der Waals surface area contributed by atoms with Crippen LogP contribution in [0.2, 0.25) is 0 Å². The molecule has 1 N–H and O–H groups in total. The Balaban J connectivity index is 1.72. The number of carbonyl (C=O) groups excluding carboxylic acids is 3. The van der Waals surface area contributed by atoms with Crippen molar-refractivity contribution in [3.8, 4) is 0 Å². The number of rotatable bonds is 9. The van der Waals surface area contributed by atoms with Crippen molar-refractivity contribution >= 4 is 34.8 Å². The van der Waals surface area contributed by atoms with Crippen LogP contribution < -0.4 is 10.2 Å². The van der Waals surface area contributed by atoms with Gasteiger partial charge in [-0.1, -0.05) is 49.2 Å². The van der Waals surface area contributed by atoms with Gasteiger partial charge >= 0.3 is 5.97 Å². The summed E-state index contributed by atoms with van der Waals surface area (Å²) in [5.41, 5.74) is 1.68. The number of hydrogen-bond donors (Lipinski definition) is 1. The van der Waals surface area contributed by atoms with E-state index in [4.69, 9.17) is 4.74 Å². The Morgan fingerprint density at radius 3 is 2.34 bits per heavy atom. The van der Waals surface area contributed by atoms with Crippen molar-refractivity contribution in [3.05, 3.63) is 88.1 Å². The number of ether oxygens (including phenoxy) is 1. The first kappa shape index (κ1) is 24.7. The average molecular weight is 491 g/mol. The largest absolute Gasteiger partial charge is 0.462 e. The first-order valence-electron chi connectivity index (χ1n) is 12.0. The fourth-order valence-corrected chi connectivity index (χ4v) is 5.16. The summed E-state index contributed by atoms with van der Waals surface area (Å²) in [5.74, 6) is -0.807. The van der Waals surface area contributed by atoms with Gasteiger partial charge in [0.25, 0.3) is 0 Å². The van der Waals surface area contributed by atoms with Gasteiger partial charge in [0, 0.05) is 16.6 Å². The Labute approximate surface area is 209 Å². The zero-order valence-electron chi connectivity index (χ0n) is 19.8. The van der Waals surface area contributed by atoms with Gasteiger partial charge in [-0.15, -0.1) is 11.3 Å². The molecule has 1 atom stereocenters. The highest BCUT2D eigenvalue weighted by Gasteiger charge is 2.34. The summed E-state index contributed by atoms with van der Waals surface area (Å²) in [4.78, 5) is 42.1. The Hall–Kier alpha value is -3.45. The minimum atomic E-state index is -0.835. The Kier molecular flexibility index (Phi) is 8.32. The highest BCUT2D eigenvalue weighted by atomic mass is 32.1. The van der Waals surface area contributed by atoms with Crippen molar-refractivity contribution in [3.63, 3.8) is 0 Å². The molecule has 0 aliphatic heterocycles. The van der Waals surface area contributed by atoms with Gasteiger partial charge in [0.15, 0.2) is 0 Å². The molecule has 0 saturated heterocycles. The zero-order chi connectivity index (χ0) is 24.6. The molecule has 1 aliphatic rings. The molecule has 182 valence electrons. The van der Waals surface area contributed by atoms with Crippen LogP contribution in [-0.4, -0.2) is 30.4 Å². The molecule has 0 bridgehead atoms. The molecule has 1 aliphatic carbocycles. The smallest absolute Gasteiger partial charge is 0.338 e. The first-order chi connectivity index (χ1) is 17.1. The summed E-state index contributed by atoms with van der Waals surface area (Å²) in [5, 5.41) is 5.12. The number of carbonyl (C=O) groups is 3. The van der Waals surface area contributed by atoms with E-state index in [-0.39, 0.29) is 30.9 Å². The van der Waals surface area contributed by atoms with Gasteiger partial charge in [-0.2, -0.15) is 0 Å². The molecule has 3 aromatic rings. The fraction of sp³-hybridized carbons (Fsp3) is 0.321. The second-order valence-electron chi connectivity index (χ2n) is 8.59. The number of thiophene rings is 1. The molecular weight excluding hydrogens is 460 g/mol. The van der Waals surface area contributed by atoms with E-state index in [9.17, 15) is 14.4 Å². The van der Waals surface area contributed by atoms with Crippen LogP contribution in [0.4, 0.5) is 5.69 Å². The van der Waals surface area contributed by atoms with Gasteiger partial charge in [-0.3, -0.25) is 14.5 Å². The Bertz CT molecular complexity index is 1120. The summed E-state index contributed by atoms with van der Waals surface area (Å²) in [7, 11) is 0. The van der Waals surface area contributed by atoms with Crippen molar-refractivity contribution in [2.45, 2.75) is 51.1 Å². The molecule has 1 saturated carbocycles. The van der Waals surface area contributed by atoms with Crippen LogP contribution in [0.25, 0.3) is 0 Å². The lowest BCUT2D eigenvalue weighted by Gasteiger charge is -2.32. The van der Waals surface area contributed by atoms with Crippen LogP contribution in [0.1, 0.15) is 59.4 Å². The minimum Gasteiger partial charge on any atom is -0.462 e. The van der Waals surface area contributed by atoms with E-state index < -0.39 is 12.0 Å². The maximum absolute atomic E-state index is 13.7. The molecule has 0 unspecified atom stereocenters. The molecule has 4 rings (SSSR count). The predicted molar refractivity (Wildman–Crippen MR) is 137 cm³/mol. The topological polar surface area (TPSA) is 75.7 Å². The standard InChI is InChI=1S/C28H30N2O4S/c1-2-34-28(33)21-14-16-23(17-15-21)30(25(31)19-24-13-8-18-35-24)26(20-9-4-3-5-10-20)27(32)29-22-11-6-7-12-22/h3-5,8-10,13-18,22,26H,2,6-7,11-12,19H2,1H3,(H,29,32)/t26-/m1/s1. The number of nitrogens with one attached hydrogen (secondary N) is 1. The molecule has 1 heterocycles. The number of amides is 2. The summed E-state index contributed by atoms with van der Waals surface area (Å²) in [6.45, 7) is 2.04. The SMILES string of the molecule is CCOC(=O)c1ccc(N(C(=O)Cc2cccs2)[C@@H](C(=O)NC2CCCC2)c2ccccc2)cc1. The number of anilines is 1. The van der Waals surface area contributed by atoms with Gasteiger partial charge in [0.05, 0.1) is 18.6 Å². The summed E-state index contributed by atoms with van der Waals surface area (Å²) >= 11 is 1.51. The fourth-order valence-electron chi connectivity index (χ4n) is 4.46. The van der Waals surface area contributed by atoms with Crippen LogP contribution >= 0.6 is 11.3 Å². The molecule has 2 amide bonds. The Morgan fingerprint density at radius 1 is 1.00 bits per heavy atom. The number of nitrogens with zero attached hydrogens (tertiary/aromatic N) is 1. The van der Waals surface area contributed by atoms with Crippen molar-refractivity contribution in [1.29, 1.82) is 0 Å². The lowest BCUT2D eigenvalue weighted by Crippen LogP contribution is -2.46. The van der Waals surface area contributed by atoms with E-state index in [1.54, 1.807) is 36.1 Å². The molecular formula is C28H30N2O4S. The molecule has 6 nitrogen and oxygen atoms in total. The Morgan fingerprint density at radius 2 is 1.71 bits per heavy atom. The van der Waals surface area contributed by atoms with Crippen LogP contribution in [0, 0.1) is 0 Å². The van der Waals surface area contributed by atoms with Crippen molar-refractivity contribution < 1.29 is 19.1 Å². The van der Waals surface area contributed by atoms with E-state index in [0.717, 1.165) is 36.1 Å². The third-order valence-electron chi connectivity index (χ3n) is 6.15. The third-order valence-corrected chi connectivity index (χ3v) is 7.03. The molecule has 1 fully saturated rings. The summed E-state index contributed by atoms with van der Waals surface area (Å²) in [6, 6.07) is 19.2. The van der Waals surface area contributed by atoms with Crippen LogP contribution in [0.5, 0.6) is 0 Å². The van der Waals surface area contributed by atoms with Gasteiger partial charge in [-0.05, 0) is 61.0 Å². The molecule has 1 aromatic heterocycles. The van der Waals surface area contributed by atoms with Gasteiger partial charge in [0.1, 0.15) is 6.04 Å². The van der Waals surface area contributed by atoms with E-state index in [1.165, 1.54) is 11.3 Å². The van der Waals surface area contributed by atoms with Crippen molar-refractivity contribution in [2.75, 3.05) is 11.5 Å². The molecule has 2 aromatic carbocycles. The second kappa shape index (κ2) is 11.8.